The topological polar surface area (TPSA) is 26.3 Å². The number of benzene rings is 2. The van der Waals surface area contributed by atoms with E-state index in [-0.39, 0.29) is 12.0 Å². The van der Waals surface area contributed by atoms with E-state index >= 15 is 0 Å². The number of hydrogen-bond donors (Lipinski definition) is 0. The molecule has 0 N–H and O–H groups in total. The van der Waals surface area contributed by atoms with E-state index in [1.165, 1.54) is 24.3 Å². The SMILES string of the molecule is CC[C@@]1(c2ccc(C)cc2)C(=O)O[C@]1(c1ccc(Cl)cc1)C(F)(F)F. The molecule has 3 rings (SSSR count). The Morgan fingerprint density at radius 2 is 1.52 bits per heavy atom. The zero-order chi connectivity index (χ0) is 18.5. The normalized spacial score (nSPS) is 26.1. The third kappa shape index (κ3) is 2.29. The van der Waals surface area contributed by atoms with Crippen LogP contribution in [0.25, 0.3) is 0 Å². The fourth-order valence-corrected chi connectivity index (χ4v) is 3.75. The standard InChI is InChI=1S/C19H16ClF3O2/c1-3-17(13-6-4-12(2)5-7-13)16(24)25-18(17,19(21,22)23)14-8-10-15(20)11-9-14/h4-11H,3H2,1-2H3/t17-,18+/m1/s1. The molecule has 0 unspecified atom stereocenters. The lowest BCUT2D eigenvalue weighted by Gasteiger charge is -2.56. The number of halogens is 4. The van der Waals surface area contributed by atoms with Gasteiger partial charge in [0, 0.05) is 10.6 Å². The molecule has 2 aromatic carbocycles. The van der Waals surface area contributed by atoms with Crippen molar-refractivity contribution in [2.45, 2.75) is 37.5 Å². The van der Waals surface area contributed by atoms with E-state index in [0.717, 1.165) is 5.56 Å². The Bertz CT molecular complexity index is 799. The highest BCUT2D eigenvalue weighted by Gasteiger charge is 2.81. The van der Waals surface area contributed by atoms with Gasteiger partial charge in [0.2, 0.25) is 0 Å². The van der Waals surface area contributed by atoms with Crippen molar-refractivity contribution < 1.29 is 22.7 Å². The van der Waals surface area contributed by atoms with E-state index < -0.39 is 23.2 Å². The molecular formula is C19H16ClF3O2. The summed E-state index contributed by atoms with van der Waals surface area (Å²) in [4.78, 5) is 12.4. The summed E-state index contributed by atoms with van der Waals surface area (Å²) in [5.41, 5.74) is -3.50. The molecule has 2 atom stereocenters. The minimum Gasteiger partial charge on any atom is -0.442 e. The lowest BCUT2D eigenvalue weighted by atomic mass is 9.58. The molecule has 1 saturated heterocycles. The number of ether oxygens (including phenoxy) is 1. The fourth-order valence-electron chi connectivity index (χ4n) is 3.62. The van der Waals surface area contributed by atoms with E-state index in [1.807, 2.05) is 6.92 Å². The van der Waals surface area contributed by atoms with E-state index in [9.17, 15) is 18.0 Å². The van der Waals surface area contributed by atoms with Crippen LogP contribution in [0.2, 0.25) is 5.02 Å². The van der Waals surface area contributed by atoms with Crippen molar-refractivity contribution in [3.05, 3.63) is 70.2 Å². The van der Waals surface area contributed by atoms with E-state index in [2.05, 4.69) is 0 Å². The van der Waals surface area contributed by atoms with Crippen molar-refractivity contribution in [3.63, 3.8) is 0 Å². The summed E-state index contributed by atoms with van der Waals surface area (Å²) in [5.74, 6) is -0.869. The van der Waals surface area contributed by atoms with Crippen molar-refractivity contribution in [2.24, 2.45) is 0 Å². The third-order valence-electron chi connectivity index (χ3n) is 4.92. The highest BCUT2D eigenvalue weighted by Crippen LogP contribution is 2.63. The van der Waals surface area contributed by atoms with Crippen LogP contribution >= 0.6 is 11.6 Å². The lowest BCUT2D eigenvalue weighted by Crippen LogP contribution is -2.73. The van der Waals surface area contributed by atoms with Crippen LogP contribution in [0.5, 0.6) is 0 Å². The molecule has 0 aromatic heterocycles. The molecule has 2 aromatic rings. The molecule has 1 heterocycles. The Labute approximate surface area is 148 Å². The Kier molecular flexibility index (Phi) is 4.11. The van der Waals surface area contributed by atoms with Crippen LogP contribution in [0.1, 0.15) is 30.0 Å². The molecule has 1 aliphatic heterocycles. The first-order valence-corrected chi connectivity index (χ1v) is 8.20. The van der Waals surface area contributed by atoms with Gasteiger partial charge in [-0.1, -0.05) is 60.5 Å². The summed E-state index contributed by atoms with van der Waals surface area (Å²) in [6.45, 7) is 3.40. The Morgan fingerprint density at radius 1 is 1.00 bits per heavy atom. The van der Waals surface area contributed by atoms with Crippen molar-refractivity contribution in [2.75, 3.05) is 0 Å². The summed E-state index contributed by atoms with van der Waals surface area (Å²) < 4.78 is 47.7. The van der Waals surface area contributed by atoms with Crippen LogP contribution in [0.15, 0.2) is 48.5 Å². The Balaban J connectivity index is 2.29. The second-order valence-corrected chi connectivity index (χ2v) is 6.64. The first-order valence-electron chi connectivity index (χ1n) is 7.82. The number of rotatable bonds is 3. The first kappa shape index (κ1) is 17.8. The van der Waals surface area contributed by atoms with Gasteiger partial charge in [0.15, 0.2) is 0 Å². The Hall–Kier alpha value is -2.01. The molecule has 132 valence electrons. The number of carbonyl (C=O) groups excluding carboxylic acids is 1. The van der Waals surface area contributed by atoms with Gasteiger partial charge < -0.3 is 4.74 Å². The summed E-state index contributed by atoms with van der Waals surface area (Å²) in [6, 6.07) is 11.8. The molecule has 6 heteroatoms. The van der Waals surface area contributed by atoms with Crippen LogP contribution in [-0.2, 0) is 20.5 Å². The quantitative estimate of drug-likeness (QED) is 0.686. The van der Waals surface area contributed by atoms with E-state index in [1.54, 1.807) is 31.2 Å². The van der Waals surface area contributed by atoms with E-state index in [4.69, 9.17) is 16.3 Å². The minimum absolute atomic E-state index is 0.0446. The monoisotopic (exact) mass is 368 g/mol. The van der Waals surface area contributed by atoms with Crippen molar-refractivity contribution in [1.29, 1.82) is 0 Å². The molecule has 0 spiro atoms. The highest BCUT2D eigenvalue weighted by molar-refractivity contribution is 6.30. The molecule has 25 heavy (non-hydrogen) atoms. The summed E-state index contributed by atoms with van der Waals surface area (Å²) in [7, 11) is 0. The van der Waals surface area contributed by atoms with Crippen LogP contribution in [0.3, 0.4) is 0 Å². The van der Waals surface area contributed by atoms with Crippen molar-refractivity contribution in [1.82, 2.24) is 0 Å². The fraction of sp³-hybridized carbons (Fsp3) is 0.316. The third-order valence-corrected chi connectivity index (χ3v) is 5.17. The lowest BCUT2D eigenvalue weighted by molar-refractivity contribution is -0.341. The first-order chi connectivity index (χ1) is 11.7. The van der Waals surface area contributed by atoms with Gasteiger partial charge in [-0.2, -0.15) is 13.2 Å². The zero-order valence-corrected chi connectivity index (χ0v) is 14.4. The van der Waals surface area contributed by atoms with Crippen LogP contribution in [0.4, 0.5) is 13.2 Å². The predicted molar refractivity (Wildman–Crippen MR) is 88.4 cm³/mol. The molecular weight excluding hydrogens is 353 g/mol. The smallest absolute Gasteiger partial charge is 0.434 e. The average molecular weight is 369 g/mol. The summed E-state index contributed by atoms with van der Waals surface area (Å²) in [6.07, 6.45) is -4.83. The van der Waals surface area contributed by atoms with Gasteiger partial charge in [-0.25, -0.2) is 0 Å². The molecule has 0 aliphatic carbocycles. The van der Waals surface area contributed by atoms with Crippen molar-refractivity contribution >= 4 is 17.6 Å². The predicted octanol–water partition coefficient (Wildman–Crippen LogP) is 5.31. The molecule has 0 bridgehead atoms. The van der Waals surface area contributed by atoms with Gasteiger partial charge in [0.05, 0.1) is 0 Å². The number of alkyl halides is 3. The van der Waals surface area contributed by atoms with Gasteiger partial charge in [0.25, 0.3) is 5.60 Å². The Morgan fingerprint density at radius 3 is 1.96 bits per heavy atom. The molecule has 0 amide bonds. The summed E-state index contributed by atoms with van der Waals surface area (Å²) in [5, 5.41) is 0.309. The van der Waals surface area contributed by atoms with Crippen LogP contribution < -0.4 is 0 Å². The maximum Gasteiger partial charge on any atom is 0.434 e. The molecule has 0 saturated carbocycles. The zero-order valence-electron chi connectivity index (χ0n) is 13.7. The number of esters is 1. The molecule has 1 aliphatic rings. The van der Waals surface area contributed by atoms with Gasteiger partial charge in [-0.05, 0) is 31.0 Å². The second-order valence-electron chi connectivity index (χ2n) is 6.20. The average Bonchev–Trinajstić information content (AvgIpc) is 2.55. The summed E-state index contributed by atoms with van der Waals surface area (Å²) >= 11 is 5.82. The maximum atomic E-state index is 14.3. The van der Waals surface area contributed by atoms with Crippen LogP contribution in [0, 0.1) is 6.92 Å². The van der Waals surface area contributed by atoms with Gasteiger partial charge in [-0.3, -0.25) is 4.79 Å². The minimum atomic E-state index is -4.78. The number of hydrogen-bond acceptors (Lipinski definition) is 2. The van der Waals surface area contributed by atoms with Crippen LogP contribution in [-0.4, -0.2) is 12.1 Å². The number of cyclic esters (lactones) is 1. The maximum absolute atomic E-state index is 14.3. The number of aryl methyl sites for hydroxylation is 1. The van der Waals surface area contributed by atoms with E-state index in [0.29, 0.717) is 10.6 Å². The molecule has 0 radical (unpaired) electrons. The second kappa shape index (κ2) is 5.77. The largest absolute Gasteiger partial charge is 0.442 e. The van der Waals surface area contributed by atoms with Gasteiger partial charge >= 0.3 is 12.1 Å². The van der Waals surface area contributed by atoms with Gasteiger partial charge in [0.1, 0.15) is 5.41 Å². The number of carbonyl (C=O) groups is 1. The highest BCUT2D eigenvalue weighted by atomic mass is 35.5. The molecule has 1 fully saturated rings. The van der Waals surface area contributed by atoms with Crippen molar-refractivity contribution in [3.8, 4) is 0 Å². The molecule has 2 nitrogen and oxygen atoms in total. The van der Waals surface area contributed by atoms with Gasteiger partial charge in [-0.15, -0.1) is 0 Å².